The Kier molecular flexibility index (Phi) is 5.45. The van der Waals surface area contributed by atoms with Crippen molar-refractivity contribution in [3.8, 4) is 0 Å². The van der Waals surface area contributed by atoms with Crippen LogP contribution in [-0.4, -0.2) is 47.0 Å². The molecular weight excluding hydrogens is 178 g/mol. The van der Waals surface area contributed by atoms with E-state index >= 15 is 0 Å². The summed E-state index contributed by atoms with van der Waals surface area (Å²) in [5, 5.41) is 18.3. The van der Waals surface area contributed by atoms with Crippen molar-refractivity contribution in [3.63, 3.8) is 0 Å². The van der Waals surface area contributed by atoms with Gasteiger partial charge in [-0.05, 0) is 38.6 Å². The molecule has 14 heavy (non-hydrogen) atoms. The maximum Gasteiger partial charge on any atom is 0.0664 e. The van der Waals surface area contributed by atoms with Gasteiger partial charge in [0, 0.05) is 19.2 Å². The summed E-state index contributed by atoms with van der Waals surface area (Å²) in [6, 6.07) is 0.717. The Morgan fingerprint density at radius 2 is 2.07 bits per heavy atom. The van der Waals surface area contributed by atoms with Crippen LogP contribution in [0, 0.1) is 0 Å². The van der Waals surface area contributed by atoms with Crippen molar-refractivity contribution < 1.29 is 10.2 Å². The van der Waals surface area contributed by atoms with Crippen molar-refractivity contribution in [2.45, 2.75) is 51.2 Å². The lowest BCUT2D eigenvalue weighted by atomic mass is 10.2. The molecule has 2 N–H and O–H groups in total. The van der Waals surface area contributed by atoms with Crippen LogP contribution in [0.15, 0.2) is 0 Å². The van der Waals surface area contributed by atoms with E-state index in [9.17, 15) is 5.11 Å². The number of aliphatic hydroxyl groups excluding tert-OH is 2. The van der Waals surface area contributed by atoms with Gasteiger partial charge in [-0.15, -0.1) is 0 Å². The van der Waals surface area contributed by atoms with Crippen LogP contribution >= 0.6 is 0 Å². The quantitative estimate of drug-likeness (QED) is 0.576. The lowest BCUT2D eigenvalue weighted by molar-refractivity contribution is 0.103. The van der Waals surface area contributed by atoms with Gasteiger partial charge in [-0.3, -0.25) is 4.90 Å². The van der Waals surface area contributed by atoms with Gasteiger partial charge in [0.25, 0.3) is 0 Å². The van der Waals surface area contributed by atoms with Gasteiger partial charge in [0.2, 0.25) is 0 Å². The molecule has 0 amide bonds. The molecule has 1 aliphatic carbocycles. The first-order valence-corrected chi connectivity index (χ1v) is 5.81. The molecule has 84 valence electrons. The minimum absolute atomic E-state index is 0.176. The zero-order valence-electron chi connectivity index (χ0n) is 9.15. The van der Waals surface area contributed by atoms with Gasteiger partial charge < -0.3 is 10.2 Å². The molecular formula is C11H23NO2. The molecule has 0 heterocycles. The summed E-state index contributed by atoms with van der Waals surface area (Å²) in [5.41, 5.74) is 0. The van der Waals surface area contributed by atoms with Crippen LogP contribution in [0.25, 0.3) is 0 Å². The molecule has 1 rings (SSSR count). The van der Waals surface area contributed by atoms with Crippen molar-refractivity contribution in [1.82, 2.24) is 4.90 Å². The zero-order valence-corrected chi connectivity index (χ0v) is 9.15. The number of aliphatic hydroxyl groups is 2. The number of nitrogens with zero attached hydrogens (tertiary/aromatic N) is 1. The van der Waals surface area contributed by atoms with Gasteiger partial charge in [0.1, 0.15) is 0 Å². The van der Waals surface area contributed by atoms with Gasteiger partial charge >= 0.3 is 0 Å². The monoisotopic (exact) mass is 201 g/mol. The van der Waals surface area contributed by atoms with Gasteiger partial charge in [0.15, 0.2) is 0 Å². The van der Waals surface area contributed by atoms with Crippen molar-refractivity contribution in [3.05, 3.63) is 0 Å². The van der Waals surface area contributed by atoms with Crippen LogP contribution < -0.4 is 0 Å². The molecule has 1 saturated carbocycles. The number of hydrogen-bond donors (Lipinski definition) is 2. The lowest BCUT2D eigenvalue weighted by Crippen LogP contribution is -2.34. The van der Waals surface area contributed by atoms with Crippen molar-refractivity contribution >= 4 is 0 Å². The Labute approximate surface area is 86.7 Å². The van der Waals surface area contributed by atoms with E-state index in [1.54, 1.807) is 0 Å². The number of hydrogen-bond acceptors (Lipinski definition) is 3. The van der Waals surface area contributed by atoms with Crippen LogP contribution in [0.1, 0.15) is 39.0 Å². The Bertz CT molecular complexity index is 148. The van der Waals surface area contributed by atoms with Crippen molar-refractivity contribution in [1.29, 1.82) is 0 Å². The van der Waals surface area contributed by atoms with Crippen LogP contribution in [0.5, 0.6) is 0 Å². The maximum atomic E-state index is 9.57. The Morgan fingerprint density at radius 1 is 1.36 bits per heavy atom. The molecule has 0 aromatic heterocycles. The van der Waals surface area contributed by atoms with Crippen LogP contribution in [0.2, 0.25) is 0 Å². The van der Waals surface area contributed by atoms with E-state index in [-0.39, 0.29) is 12.7 Å². The van der Waals surface area contributed by atoms with Crippen LogP contribution in [-0.2, 0) is 0 Å². The van der Waals surface area contributed by atoms with E-state index in [2.05, 4.69) is 4.90 Å². The number of rotatable bonds is 8. The summed E-state index contributed by atoms with van der Waals surface area (Å²) in [5.74, 6) is 0. The summed E-state index contributed by atoms with van der Waals surface area (Å²) < 4.78 is 0. The summed E-state index contributed by atoms with van der Waals surface area (Å²) in [7, 11) is 0. The average molecular weight is 201 g/mol. The topological polar surface area (TPSA) is 43.7 Å². The number of unbranched alkanes of at least 4 members (excludes halogenated alkanes) is 1. The van der Waals surface area contributed by atoms with E-state index in [1.807, 2.05) is 6.92 Å². The normalized spacial score (nSPS) is 18.9. The highest BCUT2D eigenvalue weighted by Gasteiger charge is 2.29. The molecule has 0 radical (unpaired) electrons. The summed E-state index contributed by atoms with van der Waals surface area (Å²) >= 11 is 0. The molecule has 1 aliphatic rings. The van der Waals surface area contributed by atoms with Gasteiger partial charge in [0.05, 0.1) is 6.10 Å². The Balaban J connectivity index is 2.17. The molecule has 0 aromatic carbocycles. The summed E-state index contributed by atoms with van der Waals surface area (Å²) in [6.45, 7) is 4.15. The third-order valence-corrected chi connectivity index (χ3v) is 2.83. The maximum absolute atomic E-state index is 9.57. The predicted molar refractivity (Wildman–Crippen MR) is 57.2 cm³/mol. The van der Waals surface area contributed by atoms with Crippen molar-refractivity contribution in [2.75, 3.05) is 19.7 Å². The lowest BCUT2D eigenvalue weighted by Gasteiger charge is -2.24. The molecule has 1 atom stereocenters. The molecule has 0 unspecified atom stereocenters. The first-order chi connectivity index (χ1) is 6.77. The second kappa shape index (κ2) is 6.38. The highest BCUT2D eigenvalue weighted by molar-refractivity contribution is 4.85. The highest BCUT2D eigenvalue weighted by atomic mass is 16.3. The molecule has 0 aromatic rings. The second-order valence-electron chi connectivity index (χ2n) is 4.22. The molecule has 0 aliphatic heterocycles. The first kappa shape index (κ1) is 12.0. The van der Waals surface area contributed by atoms with Gasteiger partial charge in [-0.1, -0.05) is 6.92 Å². The fourth-order valence-corrected chi connectivity index (χ4v) is 1.69. The SMILES string of the molecule is CC[C@@H](O)CN(CCCCO)C1CC1. The van der Waals surface area contributed by atoms with E-state index < -0.39 is 0 Å². The molecule has 1 fully saturated rings. The van der Waals surface area contributed by atoms with Gasteiger partial charge in [-0.25, -0.2) is 0 Å². The largest absolute Gasteiger partial charge is 0.396 e. The molecule has 0 spiro atoms. The first-order valence-electron chi connectivity index (χ1n) is 5.81. The minimum atomic E-state index is -0.176. The standard InChI is InChI=1S/C11H23NO2/c1-2-11(14)9-12(10-5-6-10)7-3-4-8-13/h10-11,13-14H,2-9H2,1H3/t11-/m1/s1. The highest BCUT2D eigenvalue weighted by Crippen LogP contribution is 2.27. The van der Waals surface area contributed by atoms with Gasteiger partial charge in [-0.2, -0.15) is 0 Å². The molecule has 3 heteroatoms. The fourth-order valence-electron chi connectivity index (χ4n) is 1.69. The minimum Gasteiger partial charge on any atom is -0.396 e. The predicted octanol–water partition coefficient (Wildman–Crippen LogP) is 0.994. The molecule has 0 bridgehead atoms. The molecule has 0 saturated heterocycles. The third-order valence-electron chi connectivity index (χ3n) is 2.83. The summed E-state index contributed by atoms with van der Waals surface area (Å²) in [6.07, 6.45) is 5.16. The average Bonchev–Trinajstić information content (AvgIpc) is 2.99. The zero-order chi connectivity index (χ0) is 10.4. The fraction of sp³-hybridized carbons (Fsp3) is 1.00. The Morgan fingerprint density at radius 3 is 2.57 bits per heavy atom. The second-order valence-corrected chi connectivity index (χ2v) is 4.22. The summed E-state index contributed by atoms with van der Waals surface area (Å²) in [4.78, 5) is 2.38. The molecule has 3 nitrogen and oxygen atoms in total. The van der Waals surface area contributed by atoms with E-state index in [0.717, 1.165) is 38.4 Å². The van der Waals surface area contributed by atoms with E-state index in [1.165, 1.54) is 12.8 Å². The van der Waals surface area contributed by atoms with E-state index in [0.29, 0.717) is 0 Å². The van der Waals surface area contributed by atoms with Crippen molar-refractivity contribution in [2.24, 2.45) is 0 Å². The smallest absolute Gasteiger partial charge is 0.0664 e. The van der Waals surface area contributed by atoms with E-state index in [4.69, 9.17) is 5.11 Å². The Hall–Kier alpha value is -0.120. The van der Waals surface area contributed by atoms with Crippen LogP contribution in [0.4, 0.5) is 0 Å². The third kappa shape index (κ3) is 4.40. The van der Waals surface area contributed by atoms with Crippen LogP contribution in [0.3, 0.4) is 0 Å².